The van der Waals surface area contributed by atoms with Crippen LogP contribution in [0.2, 0.25) is 5.02 Å². The van der Waals surface area contributed by atoms with Crippen molar-refractivity contribution in [2.75, 3.05) is 26.4 Å². The number of hydrogen-bond donors (Lipinski definition) is 4. The Kier molecular flexibility index (Phi) is 7.10. The van der Waals surface area contributed by atoms with E-state index in [0.29, 0.717) is 18.1 Å². The second-order valence-corrected chi connectivity index (χ2v) is 8.79. The number of hydrogen-bond acceptors (Lipinski definition) is 7. The molecule has 14 heteroatoms. The smallest absolute Gasteiger partial charge is 0.323 e. The molecule has 0 saturated heterocycles. The molecule has 11 nitrogen and oxygen atoms in total. The van der Waals surface area contributed by atoms with Crippen LogP contribution in [-0.2, 0) is 17.1 Å². The molecule has 2 aromatic heterocycles. The van der Waals surface area contributed by atoms with Crippen molar-refractivity contribution in [2.45, 2.75) is 13.3 Å². The van der Waals surface area contributed by atoms with Gasteiger partial charge in [0.15, 0.2) is 5.82 Å². The number of carbonyl (C=O) groups excluding carboxylic acids is 1. The van der Waals surface area contributed by atoms with Crippen LogP contribution in [0, 0.1) is 5.82 Å². The molecule has 3 aromatic rings. The molecular weight excluding hydrogens is 463 g/mol. The van der Waals surface area contributed by atoms with Crippen molar-refractivity contribution in [2.24, 2.45) is 7.05 Å². The number of benzene rings is 1. The van der Waals surface area contributed by atoms with Gasteiger partial charge in [0.2, 0.25) is 10.0 Å². The summed E-state index contributed by atoms with van der Waals surface area (Å²) in [5.74, 6) is 0.0476. The van der Waals surface area contributed by atoms with Crippen molar-refractivity contribution < 1.29 is 17.6 Å². The molecule has 1 aromatic carbocycles. The van der Waals surface area contributed by atoms with Gasteiger partial charge in [-0.3, -0.25) is 14.7 Å². The molecule has 0 bridgehead atoms. The minimum absolute atomic E-state index is 0.0549. The van der Waals surface area contributed by atoms with Gasteiger partial charge in [-0.05, 0) is 18.6 Å². The Bertz CT molecular complexity index is 1230. The molecular formula is C18H20ClFN8O3S. The molecule has 2 amide bonds. The first-order valence-corrected chi connectivity index (χ1v) is 11.3. The van der Waals surface area contributed by atoms with Crippen LogP contribution in [0.4, 0.5) is 38.0 Å². The average Bonchev–Trinajstić information content (AvgIpc) is 3.12. The Morgan fingerprint density at radius 2 is 1.91 bits per heavy atom. The van der Waals surface area contributed by atoms with Crippen LogP contribution in [-0.4, -0.2) is 40.0 Å². The lowest BCUT2D eigenvalue weighted by molar-refractivity contribution is 0.262. The topological polar surface area (TPSA) is 143 Å². The largest absolute Gasteiger partial charge is 0.324 e. The van der Waals surface area contributed by atoms with Gasteiger partial charge in [-0.1, -0.05) is 18.5 Å². The van der Waals surface area contributed by atoms with E-state index >= 15 is 0 Å². The molecule has 0 unspecified atom stereocenters. The summed E-state index contributed by atoms with van der Waals surface area (Å²) in [7, 11) is -1.90. The molecule has 32 heavy (non-hydrogen) atoms. The molecule has 0 aliphatic carbocycles. The van der Waals surface area contributed by atoms with E-state index in [1.54, 1.807) is 30.9 Å². The number of sulfonamides is 1. The van der Waals surface area contributed by atoms with E-state index in [4.69, 9.17) is 11.6 Å². The number of aromatic nitrogens is 4. The molecule has 0 fully saturated rings. The lowest BCUT2D eigenvalue weighted by Gasteiger charge is -2.14. The third kappa shape index (κ3) is 6.04. The van der Waals surface area contributed by atoms with Crippen molar-refractivity contribution in [1.82, 2.24) is 19.7 Å². The second kappa shape index (κ2) is 9.78. The fraction of sp³-hybridized carbons (Fsp3) is 0.222. The molecule has 2 heterocycles. The monoisotopic (exact) mass is 482 g/mol. The number of rotatable bonds is 8. The highest BCUT2D eigenvalue weighted by atomic mass is 35.5. The maximum atomic E-state index is 14.3. The predicted octanol–water partition coefficient (Wildman–Crippen LogP) is 3.54. The molecule has 170 valence electrons. The Morgan fingerprint density at radius 3 is 2.59 bits per heavy atom. The second-order valence-electron chi connectivity index (χ2n) is 6.57. The molecule has 4 N–H and O–H groups in total. The Balaban J connectivity index is 1.72. The first-order valence-electron chi connectivity index (χ1n) is 9.32. The van der Waals surface area contributed by atoms with E-state index in [1.165, 1.54) is 18.5 Å². The summed E-state index contributed by atoms with van der Waals surface area (Å²) in [5, 5.41) is 11.5. The zero-order valence-electron chi connectivity index (χ0n) is 17.1. The third-order valence-electron chi connectivity index (χ3n) is 3.95. The maximum absolute atomic E-state index is 14.3. The van der Waals surface area contributed by atoms with E-state index in [9.17, 15) is 17.6 Å². The van der Waals surface area contributed by atoms with Crippen LogP contribution in [0.1, 0.15) is 13.3 Å². The number of nitrogens with one attached hydrogen (secondary N) is 4. The van der Waals surface area contributed by atoms with Gasteiger partial charge in [0, 0.05) is 25.4 Å². The summed E-state index contributed by atoms with van der Waals surface area (Å²) >= 11 is 6.13. The minimum atomic E-state index is -3.66. The lowest BCUT2D eigenvalue weighted by atomic mass is 10.2. The highest BCUT2D eigenvalue weighted by molar-refractivity contribution is 7.92. The number of halogens is 2. The number of aryl methyl sites for hydroxylation is 1. The third-order valence-corrected chi connectivity index (χ3v) is 5.82. The Labute approximate surface area is 188 Å². The molecule has 0 aliphatic heterocycles. The standard InChI is InChI=1S/C18H20ClFN8O3S/c1-3-8-32(30,31)27-12-5-4-11(20)17(16(12)19)25-18(29)24-15-9-14(21-10-22-15)23-13-6-7-28(2)26-13/h4-7,9-10,27H,3,8H2,1-2H3,(H3,21,22,23,24,25,26,29). The van der Waals surface area contributed by atoms with Gasteiger partial charge in [-0.2, -0.15) is 5.10 Å². The molecule has 0 spiro atoms. The van der Waals surface area contributed by atoms with Crippen LogP contribution in [0.3, 0.4) is 0 Å². The van der Waals surface area contributed by atoms with Gasteiger partial charge in [-0.15, -0.1) is 0 Å². The van der Waals surface area contributed by atoms with Crippen molar-refractivity contribution in [3.63, 3.8) is 0 Å². The van der Waals surface area contributed by atoms with E-state index in [2.05, 4.69) is 35.7 Å². The van der Waals surface area contributed by atoms with Gasteiger partial charge in [0.05, 0.1) is 22.2 Å². The molecule has 0 aliphatic rings. The van der Waals surface area contributed by atoms with Gasteiger partial charge in [0.25, 0.3) is 0 Å². The van der Waals surface area contributed by atoms with Gasteiger partial charge in [0.1, 0.15) is 23.8 Å². The van der Waals surface area contributed by atoms with E-state index in [1.807, 2.05) is 0 Å². The highest BCUT2D eigenvalue weighted by Gasteiger charge is 2.18. The number of carbonyl (C=O) groups is 1. The molecule has 0 atom stereocenters. The van der Waals surface area contributed by atoms with Crippen LogP contribution in [0.5, 0.6) is 0 Å². The molecule has 0 saturated carbocycles. The first kappa shape index (κ1) is 23.2. The number of anilines is 5. The Morgan fingerprint density at radius 1 is 1.16 bits per heavy atom. The molecule has 3 rings (SSSR count). The normalized spacial score (nSPS) is 11.1. The summed E-state index contributed by atoms with van der Waals surface area (Å²) in [4.78, 5) is 20.3. The van der Waals surface area contributed by atoms with Crippen molar-refractivity contribution in [3.05, 3.63) is 47.6 Å². The van der Waals surface area contributed by atoms with Crippen molar-refractivity contribution in [3.8, 4) is 0 Å². The average molecular weight is 483 g/mol. The highest BCUT2D eigenvalue weighted by Crippen LogP contribution is 2.33. The zero-order valence-corrected chi connectivity index (χ0v) is 18.6. The van der Waals surface area contributed by atoms with Crippen LogP contribution < -0.4 is 20.7 Å². The van der Waals surface area contributed by atoms with Gasteiger partial charge in [-0.25, -0.2) is 27.6 Å². The van der Waals surface area contributed by atoms with Crippen LogP contribution >= 0.6 is 11.6 Å². The number of amides is 2. The van der Waals surface area contributed by atoms with Gasteiger partial charge >= 0.3 is 6.03 Å². The first-order chi connectivity index (χ1) is 15.2. The minimum Gasteiger partial charge on any atom is -0.323 e. The van der Waals surface area contributed by atoms with Crippen LogP contribution in [0.25, 0.3) is 0 Å². The summed E-state index contributed by atoms with van der Waals surface area (Å²) in [6.45, 7) is 1.70. The summed E-state index contributed by atoms with van der Waals surface area (Å²) < 4.78 is 42.1. The summed E-state index contributed by atoms with van der Waals surface area (Å²) in [5.41, 5.74) is -0.442. The SMILES string of the molecule is CCCS(=O)(=O)Nc1ccc(F)c(NC(=O)Nc2cc(Nc3ccn(C)n3)ncn2)c1Cl. The number of urea groups is 1. The maximum Gasteiger partial charge on any atom is 0.324 e. The van der Waals surface area contributed by atoms with E-state index < -0.39 is 21.9 Å². The fourth-order valence-corrected chi connectivity index (χ4v) is 4.05. The predicted molar refractivity (Wildman–Crippen MR) is 120 cm³/mol. The quantitative estimate of drug-likeness (QED) is 0.384. The summed E-state index contributed by atoms with van der Waals surface area (Å²) in [6.07, 6.45) is 3.35. The summed E-state index contributed by atoms with van der Waals surface area (Å²) in [6, 6.07) is 4.50. The van der Waals surface area contributed by atoms with E-state index in [-0.39, 0.29) is 28.0 Å². The van der Waals surface area contributed by atoms with Crippen molar-refractivity contribution in [1.29, 1.82) is 0 Å². The zero-order chi connectivity index (χ0) is 23.3. The van der Waals surface area contributed by atoms with E-state index in [0.717, 1.165) is 6.07 Å². The fourth-order valence-electron chi connectivity index (χ4n) is 2.60. The Hall–Kier alpha value is -3.45. The number of nitrogens with zero attached hydrogens (tertiary/aromatic N) is 4. The molecule has 0 radical (unpaired) electrons. The lowest BCUT2D eigenvalue weighted by Crippen LogP contribution is -2.22. The van der Waals surface area contributed by atoms with Gasteiger partial charge < -0.3 is 10.6 Å². The van der Waals surface area contributed by atoms with Crippen molar-refractivity contribution >= 4 is 56.5 Å². The van der Waals surface area contributed by atoms with Crippen LogP contribution in [0.15, 0.2) is 36.8 Å².